The van der Waals surface area contributed by atoms with Gasteiger partial charge in [-0.3, -0.25) is 15.2 Å². The van der Waals surface area contributed by atoms with Gasteiger partial charge < -0.3 is 0 Å². The van der Waals surface area contributed by atoms with E-state index in [2.05, 4.69) is 5.43 Å². The zero-order valence-electron chi connectivity index (χ0n) is 11.1. The molecule has 4 heteroatoms. The van der Waals surface area contributed by atoms with E-state index in [1.165, 1.54) is 17.7 Å². The van der Waals surface area contributed by atoms with Gasteiger partial charge in [-0.05, 0) is 36.8 Å². The van der Waals surface area contributed by atoms with Crippen molar-refractivity contribution in [1.29, 1.82) is 0 Å². The molecule has 1 atom stereocenters. The molecule has 1 saturated heterocycles. The molecule has 3 nitrogen and oxygen atoms in total. The summed E-state index contributed by atoms with van der Waals surface area (Å²) in [4.78, 5) is 11.7. The van der Waals surface area contributed by atoms with E-state index in [9.17, 15) is 9.18 Å². The zero-order chi connectivity index (χ0) is 14.1. The highest BCUT2D eigenvalue weighted by atomic mass is 19.1. The van der Waals surface area contributed by atoms with E-state index in [1.54, 1.807) is 17.1 Å². The topological polar surface area (TPSA) is 32.3 Å². The van der Waals surface area contributed by atoms with E-state index in [1.807, 2.05) is 31.2 Å². The summed E-state index contributed by atoms with van der Waals surface area (Å²) in [7, 11) is 0. The summed E-state index contributed by atoms with van der Waals surface area (Å²) in [5, 5.41) is 1.80. The summed E-state index contributed by atoms with van der Waals surface area (Å²) in [6.45, 7) is 2.03. The van der Waals surface area contributed by atoms with Crippen molar-refractivity contribution in [2.45, 2.75) is 19.4 Å². The molecule has 0 aliphatic carbocycles. The summed E-state index contributed by atoms with van der Waals surface area (Å²) in [6, 6.07) is 14.2. The second kappa shape index (κ2) is 4.96. The molecular weight excluding hydrogens is 255 g/mol. The number of nitrogens with one attached hydrogen (secondary N) is 1. The summed E-state index contributed by atoms with van der Waals surface area (Å²) in [5.41, 5.74) is 5.85. The predicted molar refractivity (Wildman–Crippen MR) is 75.6 cm³/mol. The number of carbonyl (C=O) groups is 1. The van der Waals surface area contributed by atoms with Crippen LogP contribution in [0.3, 0.4) is 0 Å². The number of nitrogens with zero attached hydrogens (tertiary/aromatic N) is 1. The van der Waals surface area contributed by atoms with Crippen molar-refractivity contribution in [1.82, 2.24) is 5.43 Å². The largest absolute Gasteiger partial charge is 0.278 e. The smallest absolute Gasteiger partial charge is 0.241 e. The Kier molecular flexibility index (Phi) is 3.14. The van der Waals surface area contributed by atoms with E-state index in [-0.39, 0.29) is 17.8 Å². The standard InChI is InChI=1S/C16H15FN2O/c1-11-2-4-12(5-3-11)15-10-16(20)18-19(15)14-8-6-13(17)7-9-14/h2-9,15H,10H2,1H3,(H,18,20). The van der Waals surface area contributed by atoms with Crippen LogP contribution in [-0.2, 0) is 4.79 Å². The van der Waals surface area contributed by atoms with Gasteiger partial charge in [0.2, 0.25) is 5.91 Å². The van der Waals surface area contributed by atoms with Crippen LogP contribution >= 0.6 is 0 Å². The quantitative estimate of drug-likeness (QED) is 0.909. The molecule has 2 aromatic carbocycles. The minimum atomic E-state index is -0.286. The van der Waals surface area contributed by atoms with E-state index >= 15 is 0 Å². The Morgan fingerprint density at radius 3 is 2.40 bits per heavy atom. The Balaban J connectivity index is 1.94. The lowest BCUT2D eigenvalue weighted by molar-refractivity contribution is -0.119. The number of aryl methyl sites for hydroxylation is 1. The maximum Gasteiger partial charge on any atom is 0.241 e. The fourth-order valence-corrected chi connectivity index (χ4v) is 2.43. The molecule has 0 saturated carbocycles. The van der Waals surface area contributed by atoms with Crippen molar-refractivity contribution in [2.24, 2.45) is 0 Å². The Bertz CT molecular complexity index is 566. The molecule has 20 heavy (non-hydrogen) atoms. The lowest BCUT2D eigenvalue weighted by Gasteiger charge is -2.25. The molecule has 0 radical (unpaired) electrons. The molecule has 1 unspecified atom stereocenters. The molecular formula is C16H15FN2O. The minimum absolute atomic E-state index is 0.0279. The first-order valence-electron chi connectivity index (χ1n) is 6.54. The molecule has 1 heterocycles. The van der Waals surface area contributed by atoms with Gasteiger partial charge >= 0.3 is 0 Å². The van der Waals surface area contributed by atoms with Crippen LogP contribution in [0.4, 0.5) is 10.1 Å². The first-order valence-corrected chi connectivity index (χ1v) is 6.54. The maximum atomic E-state index is 13.0. The zero-order valence-corrected chi connectivity index (χ0v) is 11.1. The van der Waals surface area contributed by atoms with E-state index < -0.39 is 0 Å². The van der Waals surface area contributed by atoms with E-state index in [4.69, 9.17) is 0 Å². The molecule has 1 fully saturated rings. The average Bonchev–Trinajstić information content (AvgIpc) is 2.82. The summed E-state index contributed by atoms with van der Waals surface area (Å²) in [5.74, 6) is -0.314. The second-order valence-electron chi connectivity index (χ2n) is 5.01. The van der Waals surface area contributed by atoms with Gasteiger partial charge in [-0.2, -0.15) is 0 Å². The normalized spacial score (nSPS) is 18.2. The highest BCUT2D eigenvalue weighted by Crippen LogP contribution is 2.32. The van der Waals surface area contributed by atoms with Gasteiger partial charge in [0.15, 0.2) is 0 Å². The number of anilines is 1. The fraction of sp³-hybridized carbons (Fsp3) is 0.188. The van der Waals surface area contributed by atoms with Crippen molar-refractivity contribution in [3.63, 3.8) is 0 Å². The Labute approximate surface area is 117 Å². The number of hydrazine groups is 1. The van der Waals surface area contributed by atoms with Crippen LogP contribution in [0, 0.1) is 12.7 Å². The number of benzene rings is 2. The number of hydrogen-bond donors (Lipinski definition) is 1. The van der Waals surface area contributed by atoms with Crippen molar-refractivity contribution < 1.29 is 9.18 Å². The molecule has 0 aromatic heterocycles. The Morgan fingerprint density at radius 1 is 1.10 bits per heavy atom. The van der Waals surface area contributed by atoms with Crippen molar-refractivity contribution >= 4 is 11.6 Å². The number of amides is 1. The van der Waals surface area contributed by atoms with Gasteiger partial charge in [0.1, 0.15) is 5.82 Å². The molecule has 0 spiro atoms. The van der Waals surface area contributed by atoms with Crippen LogP contribution in [0.5, 0.6) is 0 Å². The number of hydrogen-bond acceptors (Lipinski definition) is 2. The first kappa shape index (κ1) is 12.7. The third-order valence-electron chi connectivity index (χ3n) is 3.50. The molecule has 2 aromatic rings. The molecule has 102 valence electrons. The third-order valence-corrected chi connectivity index (χ3v) is 3.50. The van der Waals surface area contributed by atoms with Crippen molar-refractivity contribution in [2.75, 3.05) is 5.01 Å². The molecule has 1 aliphatic rings. The Morgan fingerprint density at radius 2 is 1.75 bits per heavy atom. The molecule has 0 bridgehead atoms. The molecule has 3 rings (SSSR count). The molecule has 1 N–H and O–H groups in total. The van der Waals surface area contributed by atoms with E-state index in [0.717, 1.165) is 11.3 Å². The van der Waals surface area contributed by atoms with Gasteiger partial charge in [0.25, 0.3) is 0 Å². The average molecular weight is 270 g/mol. The van der Waals surface area contributed by atoms with Crippen LogP contribution in [0.25, 0.3) is 0 Å². The van der Waals surface area contributed by atoms with Crippen LogP contribution in [0.15, 0.2) is 48.5 Å². The highest BCUT2D eigenvalue weighted by Gasteiger charge is 2.31. The summed E-state index contributed by atoms with van der Waals surface area (Å²) < 4.78 is 13.0. The van der Waals surface area contributed by atoms with Crippen LogP contribution in [0.1, 0.15) is 23.6 Å². The third kappa shape index (κ3) is 2.37. The lowest BCUT2D eigenvalue weighted by atomic mass is 10.0. The van der Waals surface area contributed by atoms with Gasteiger partial charge in [0, 0.05) is 0 Å². The van der Waals surface area contributed by atoms with Gasteiger partial charge in [-0.25, -0.2) is 4.39 Å². The number of halogens is 1. The summed E-state index contributed by atoms with van der Waals surface area (Å²) in [6.07, 6.45) is 0.403. The van der Waals surface area contributed by atoms with Crippen LogP contribution in [0.2, 0.25) is 0 Å². The first-order chi connectivity index (χ1) is 9.63. The number of carbonyl (C=O) groups excluding carboxylic acids is 1. The lowest BCUT2D eigenvalue weighted by Crippen LogP contribution is -2.34. The second-order valence-corrected chi connectivity index (χ2v) is 5.01. The van der Waals surface area contributed by atoms with Crippen LogP contribution in [-0.4, -0.2) is 5.91 Å². The van der Waals surface area contributed by atoms with E-state index in [0.29, 0.717) is 6.42 Å². The predicted octanol–water partition coefficient (Wildman–Crippen LogP) is 3.12. The molecule has 1 aliphatic heterocycles. The van der Waals surface area contributed by atoms with Gasteiger partial charge in [-0.15, -0.1) is 0 Å². The fourth-order valence-electron chi connectivity index (χ4n) is 2.43. The summed E-state index contributed by atoms with van der Waals surface area (Å²) >= 11 is 0. The minimum Gasteiger partial charge on any atom is -0.278 e. The monoisotopic (exact) mass is 270 g/mol. The number of rotatable bonds is 2. The van der Waals surface area contributed by atoms with Crippen LogP contribution < -0.4 is 10.4 Å². The van der Waals surface area contributed by atoms with Gasteiger partial charge in [0.05, 0.1) is 18.2 Å². The Hall–Kier alpha value is -2.36. The van der Waals surface area contributed by atoms with Crippen molar-refractivity contribution in [3.8, 4) is 0 Å². The highest BCUT2D eigenvalue weighted by molar-refractivity contribution is 5.83. The molecule has 1 amide bonds. The maximum absolute atomic E-state index is 13.0. The SMILES string of the molecule is Cc1ccc(C2CC(=O)NN2c2ccc(F)cc2)cc1. The van der Waals surface area contributed by atoms with Crippen molar-refractivity contribution in [3.05, 3.63) is 65.5 Å². The van der Waals surface area contributed by atoms with Gasteiger partial charge in [-0.1, -0.05) is 29.8 Å².